The summed E-state index contributed by atoms with van der Waals surface area (Å²) in [7, 11) is 0. The number of carboxylic acid groups (broad SMARTS) is 2. The molecule has 0 fully saturated rings. The van der Waals surface area contributed by atoms with Crippen LogP contribution in [0, 0.1) is 0 Å². The van der Waals surface area contributed by atoms with Gasteiger partial charge < -0.3 is 20.8 Å². The van der Waals surface area contributed by atoms with Crippen molar-refractivity contribution in [3.8, 4) is 0 Å². The van der Waals surface area contributed by atoms with Crippen LogP contribution in [0.3, 0.4) is 0 Å². The second-order valence-corrected chi connectivity index (χ2v) is 8.44. The molecule has 0 aliphatic carbocycles. The highest BCUT2D eigenvalue weighted by Crippen LogP contribution is 2.08. The van der Waals surface area contributed by atoms with Crippen molar-refractivity contribution in [1.29, 1.82) is 0 Å². The maximum absolute atomic E-state index is 11.8. The molecule has 0 aromatic carbocycles. The van der Waals surface area contributed by atoms with E-state index in [9.17, 15) is 19.2 Å². The minimum atomic E-state index is -0.746. The Kier molecular flexibility index (Phi) is 20.6. The van der Waals surface area contributed by atoms with E-state index >= 15 is 0 Å². The lowest BCUT2D eigenvalue weighted by molar-refractivity contribution is -0.138. The van der Waals surface area contributed by atoms with Gasteiger partial charge in [-0.15, -0.1) is 0 Å². The van der Waals surface area contributed by atoms with Crippen LogP contribution in [-0.4, -0.2) is 47.1 Å². The van der Waals surface area contributed by atoms with Crippen molar-refractivity contribution in [3.05, 3.63) is 0 Å². The molecule has 2 amide bonds. The number of carbonyl (C=O) groups is 4. The topological polar surface area (TPSA) is 133 Å². The largest absolute Gasteiger partial charge is 0.481 e. The third-order valence-electron chi connectivity index (χ3n) is 5.34. The fourth-order valence-electron chi connectivity index (χ4n) is 3.42. The number of rotatable bonds is 23. The minimum Gasteiger partial charge on any atom is -0.481 e. The Balaban J connectivity index is 3.30. The Bertz CT molecular complexity index is 479. The first-order valence-corrected chi connectivity index (χ1v) is 12.4. The molecule has 0 heterocycles. The second kappa shape index (κ2) is 22.1. The lowest BCUT2D eigenvalue weighted by Gasteiger charge is -2.07. The standard InChI is InChI=1S/C24H44N2O6/c27-21(15-9-3-1-5-11-17-23(29)30)25-19-13-7-8-14-20-26-22(28)16-10-4-2-6-12-18-24(31)32/h1-20H2,(H,25,27)(H,26,28)(H,29,30)(H,31,32). The van der Waals surface area contributed by atoms with Crippen LogP contribution >= 0.6 is 0 Å². The summed E-state index contributed by atoms with van der Waals surface area (Å²) in [5.74, 6) is -1.32. The molecule has 8 heteroatoms. The average molecular weight is 457 g/mol. The zero-order chi connectivity index (χ0) is 23.9. The molecule has 0 bridgehead atoms. The summed E-state index contributed by atoms with van der Waals surface area (Å²) in [6.07, 6.45) is 14.3. The molecule has 0 aromatic rings. The van der Waals surface area contributed by atoms with Crippen LogP contribution in [0.5, 0.6) is 0 Å². The van der Waals surface area contributed by atoms with Crippen molar-refractivity contribution < 1.29 is 29.4 Å². The molecule has 8 nitrogen and oxygen atoms in total. The van der Waals surface area contributed by atoms with Crippen LogP contribution in [0.15, 0.2) is 0 Å². The van der Waals surface area contributed by atoms with Crippen LogP contribution < -0.4 is 10.6 Å². The van der Waals surface area contributed by atoms with E-state index < -0.39 is 11.9 Å². The molecule has 0 aliphatic heterocycles. The summed E-state index contributed by atoms with van der Waals surface area (Å²) in [5, 5.41) is 23.0. The average Bonchev–Trinajstić information content (AvgIpc) is 2.73. The van der Waals surface area contributed by atoms with Crippen molar-refractivity contribution in [2.45, 2.75) is 116 Å². The Morgan fingerprint density at radius 1 is 0.406 bits per heavy atom. The fraction of sp³-hybridized carbons (Fsp3) is 0.833. The Labute approximate surface area is 192 Å². The van der Waals surface area contributed by atoms with E-state index in [0.29, 0.717) is 38.8 Å². The van der Waals surface area contributed by atoms with E-state index in [-0.39, 0.29) is 24.7 Å². The quantitative estimate of drug-likeness (QED) is 0.168. The van der Waals surface area contributed by atoms with E-state index in [2.05, 4.69) is 10.6 Å². The lowest BCUT2D eigenvalue weighted by atomic mass is 10.1. The van der Waals surface area contributed by atoms with Crippen LogP contribution in [-0.2, 0) is 19.2 Å². The summed E-state index contributed by atoms with van der Waals surface area (Å²) < 4.78 is 0. The molecule has 0 rings (SSSR count). The molecule has 0 atom stereocenters. The predicted molar refractivity (Wildman–Crippen MR) is 124 cm³/mol. The van der Waals surface area contributed by atoms with E-state index in [4.69, 9.17) is 10.2 Å². The van der Waals surface area contributed by atoms with Crippen molar-refractivity contribution in [2.75, 3.05) is 13.1 Å². The van der Waals surface area contributed by atoms with Crippen molar-refractivity contribution in [2.24, 2.45) is 0 Å². The minimum absolute atomic E-state index is 0.0877. The lowest BCUT2D eigenvalue weighted by Crippen LogP contribution is -2.24. The predicted octanol–water partition coefficient (Wildman–Crippen LogP) is 4.41. The molecular formula is C24H44N2O6. The molecule has 186 valence electrons. The first-order chi connectivity index (χ1) is 15.4. The summed E-state index contributed by atoms with van der Waals surface area (Å²) in [4.78, 5) is 44.3. The van der Waals surface area contributed by atoms with Gasteiger partial charge in [0, 0.05) is 38.8 Å². The second-order valence-electron chi connectivity index (χ2n) is 8.44. The van der Waals surface area contributed by atoms with Crippen LogP contribution in [0.2, 0.25) is 0 Å². The van der Waals surface area contributed by atoms with Crippen LogP contribution in [0.25, 0.3) is 0 Å². The zero-order valence-corrected chi connectivity index (χ0v) is 19.7. The van der Waals surface area contributed by atoms with E-state index in [1.807, 2.05) is 0 Å². The SMILES string of the molecule is O=C(O)CCCCCCCC(=O)NCCCCCCNC(=O)CCCCCCCC(=O)O. The van der Waals surface area contributed by atoms with Crippen molar-refractivity contribution in [1.82, 2.24) is 10.6 Å². The maximum Gasteiger partial charge on any atom is 0.303 e. The maximum atomic E-state index is 11.8. The number of unbranched alkanes of at least 4 members (excludes halogenated alkanes) is 11. The van der Waals surface area contributed by atoms with Crippen LogP contribution in [0.1, 0.15) is 116 Å². The molecule has 0 unspecified atom stereocenters. The van der Waals surface area contributed by atoms with E-state index in [1.165, 1.54) is 0 Å². The highest BCUT2D eigenvalue weighted by Gasteiger charge is 2.03. The fourth-order valence-corrected chi connectivity index (χ4v) is 3.42. The first kappa shape index (κ1) is 29.9. The molecule has 0 spiro atoms. The molecular weight excluding hydrogens is 412 g/mol. The summed E-state index contributed by atoms with van der Waals surface area (Å²) in [6.45, 7) is 1.38. The van der Waals surface area contributed by atoms with E-state index in [1.54, 1.807) is 0 Å². The van der Waals surface area contributed by atoms with Crippen molar-refractivity contribution >= 4 is 23.8 Å². The van der Waals surface area contributed by atoms with Gasteiger partial charge in [-0.1, -0.05) is 51.4 Å². The van der Waals surface area contributed by atoms with Gasteiger partial charge in [0.25, 0.3) is 0 Å². The smallest absolute Gasteiger partial charge is 0.303 e. The summed E-state index contributed by atoms with van der Waals surface area (Å²) in [6, 6.07) is 0. The van der Waals surface area contributed by atoms with Gasteiger partial charge in [0.1, 0.15) is 0 Å². The van der Waals surface area contributed by atoms with Crippen molar-refractivity contribution in [3.63, 3.8) is 0 Å². The van der Waals surface area contributed by atoms with E-state index in [0.717, 1.165) is 77.0 Å². The van der Waals surface area contributed by atoms with Gasteiger partial charge in [0.2, 0.25) is 11.8 Å². The molecule has 32 heavy (non-hydrogen) atoms. The Morgan fingerprint density at radius 2 is 0.688 bits per heavy atom. The number of amides is 2. The summed E-state index contributed by atoms with van der Waals surface area (Å²) >= 11 is 0. The molecule has 0 aromatic heterocycles. The molecule has 0 saturated carbocycles. The number of hydrogen-bond donors (Lipinski definition) is 4. The number of carbonyl (C=O) groups excluding carboxylic acids is 2. The van der Waals surface area contributed by atoms with Crippen LogP contribution in [0.4, 0.5) is 0 Å². The Hall–Kier alpha value is -2.12. The van der Waals surface area contributed by atoms with Gasteiger partial charge in [-0.25, -0.2) is 0 Å². The normalized spacial score (nSPS) is 10.6. The molecule has 0 radical (unpaired) electrons. The third-order valence-corrected chi connectivity index (χ3v) is 5.34. The van der Waals surface area contributed by atoms with Gasteiger partial charge in [-0.05, 0) is 38.5 Å². The molecule has 0 saturated heterocycles. The highest BCUT2D eigenvalue weighted by molar-refractivity contribution is 5.76. The number of carboxylic acids is 2. The number of hydrogen-bond acceptors (Lipinski definition) is 4. The van der Waals surface area contributed by atoms with Gasteiger partial charge in [0.15, 0.2) is 0 Å². The van der Waals surface area contributed by atoms with Gasteiger partial charge in [-0.3, -0.25) is 19.2 Å². The van der Waals surface area contributed by atoms with Gasteiger partial charge in [0.05, 0.1) is 0 Å². The number of nitrogens with one attached hydrogen (secondary N) is 2. The Morgan fingerprint density at radius 3 is 1.03 bits per heavy atom. The summed E-state index contributed by atoms with van der Waals surface area (Å²) in [5.41, 5.74) is 0. The van der Waals surface area contributed by atoms with Gasteiger partial charge >= 0.3 is 11.9 Å². The molecule has 0 aliphatic rings. The highest BCUT2D eigenvalue weighted by atomic mass is 16.4. The third kappa shape index (κ3) is 24.2. The molecule has 4 N–H and O–H groups in total. The zero-order valence-electron chi connectivity index (χ0n) is 19.7. The number of aliphatic carboxylic acids is 2. The van der Waals surface area contributed by atoms with Gasteiger partial charge in [-0.2, -0.15) is 0 Å². The first-order valence-electron chi connectivity index (χ1n) is 12.4. The monoisotopic (exact) mass is 456 g/mol.